The number of amides is 1. The van der Waals surface area contributed by atoms with Crippen LogP contribution in [0.4, 0.5) is 18.3 Å². The summed E-state index contributed by atoms with van der Waals surface area (Å²) in [6, 6.07) is 11.3. The molecule has 1 amide bonds. The van der Waals surface area contributed by atoms with E-state index in [0.717, 1.165) is 16.9 Å². The van der Waals surface area contributed by atoms with E-state index >= 15 is 0 Å². The van der Waals surface area contributed by atoms with Gasteiger partial charge in [0.1, 0.15) is 11.5 Å². The van der Waals surface area contributed by atoms with Gasteiger partial charge < -0.3 is 14.4 Å². The zero-order valence-electron chi connectivity index (χ0n) is 17.3. The second-order valence-corrected chi connectivity index (χ2v) is 8.14. The Hall–Kier alpha value is -2.85. The molecule has 1 heterocycles. The molecule has 0 unspecified atom stereocenters. The van der Waals surface area contributed by atoms with Crippen molar-refractivity contribution in [1.82, 2.24) is 9.88 Å². The fraction of sp³-hybridized carbons (Fsp3) is 0.333. The zero-order valence-corrected chi connectivity index (χ0v) is 18.1. The summed E-state index contributed by atoms with van der Waals surface area (Å²) in [5.74, 6) is -0.0440. The van der Waals surface area contributed by atoms with E-state index in [2.05, 4.69) is 9.72 Å². The van der Waals surface area contributed by atoms with Crippen molar-refractivity contribution < 1.29 is 27.4 Å². The first-order chi connectivity index (χ1) is 14.6. The number of rotatable bonds is 8. The van der Waals surface area contributed by atoms with Crippen LogP contribution in [0.15, 0.2) is 42.5 Å². The van der Waals surface area contributed by atoms with Crippen molar-refractivity contribution in [2.75, 3.05) is 38.7 Å². The topological polar surface area (TPSA) is 54.9 Å². The van der Waals surface area contributed by atoms with Gasteiger partial charge in [0.2, 0.25) is 0 Å². The summed E-state index contributed by atoms with van der Waals surface area (Å²) in [5.41, 5.74) is 1.49. The molecule has 0 N–H and O–H groups in total. The van der Waals surface area contributed by atoms with Crippen LogP contribution >= 0.6 is 11.3 Å². The van der Waals surface area contributed by atoms with Crippen LogP contribution in [0.1, 0.15) is 5.56 Å². The Bertz CT molecular complexity index is 1050. The Balaban J connectivity index is 1.81. The van der Waals surface area contributed by atoms with Gasteiger partial charge in [0.05, 0.1) is 10.2 Å². The van der Waals surface area contributed by atoms with Gasteiger partial charge in [-0.15, -0.1) is 13.2 Å². The maximum absolute atomic E-state index is 12.9. The first-order valence-electron chi connectivity index (χ1n) is 9.41. The number of hydrogen-bond acceptors (Lipinski definition) is 6. The lowest BCUT2D eigenvalue weighted by Gasteiger charge is -2.22. The van der Waals surface area contributed by atoms with E-state index in [9.17, 15) is 18.0 Å². The summed E-state index contributed by atoms with van der Waals surface area (Å²) in [6.07, 6.45) is -4.78. The number of likely N-dealkylation sites (N-methyl/N-ethyl adjacent to an activating group) is 1. The third-order valence-electron chi connectivity index (χ3n) is 4.24. The van der Waals surface area contributed by atoms with Crippen molar-refractivity contribution >= 4 is 32.6 Å². The lowest BCUT2D eigenvalue weighted by molar-refractivity contribution is -0.274. The van der Waals surface area contributed by atoms with Gasteiger partial charge in [-0.1, -0.05) is 23.5 Å². The fourth-order valence-corrected chi connectivity index (χ4v) is 3.80. The summed E-state index contributed by atoms with van der Waals surface area (Å²) in [6.45, 7) is 2.68. The van der Waals surface area contributed by atoms with Gasteiger partial charge in [-0.25, -0.2) is 4.98 Å². The van der Waals surface area contributed by atoms with Gasteiger partial charge in [-0.05, 0) is 50.8 Å². The van der Waals surface area contributed by atoms with Crippen LogP contribution < -0.4 is 14.4 Å². The van der Waals surface area contributed by atoms with Crippen LogP contribution in [-0.2, 0) is 4.79 Å². The van der Waals surface area contributed by atoms with Crippen LogP contribution in [0.2, 0.25) is 0 Å². The third-order valence-corrected chi connectivity index (χ3v) is 5.28. The molecular weight excluding hydrogens is 431 g/mol. The zero-order chi connectivity index (χ0) is 22.6. The maximum atomic E-state index is 12.9. The molecule has 2 aromatic carbocycles. The van der Waals surface area contributed by atoms with Crippen molar-refractivity contribution in [2.24, 2.45) is 0 Å². The highest BCUT2D eigenvalue weighted by Crippen LogP contribution is 2.33. The quantitative estimate of drug-likeness (QED) is 0.504. The van der Waals surface area contributed by atoms with Crippen LogP contribution in [-0.4, -0.2) is 55.9 Å². The molecule has 0 fully saturated rings. The van der Waals surface area contributed by atoms with Gasteiger partial charge in [0.25, 0.3) is 5.91 Å². The number of anilines is 1. The summed E-state index contributed by atoms with van der Waals surface area (Å²) in [5, 5.41) is 0.388. The highest BCUT2D eigenvalue weighted by Gasteiger charge is 2.31. The lowest BCUT2D eigenvalue weighted by Crippen LogP contribution is -2.39. The number of carbonyl (C=O) groups is 1. The molecule has 0 radical (unpaired) electrons. The number of aryl methyl sites for hydroxylation is 1. The molecule has 0 spiro atoms. The third kappa shape index (κ3) is 6.56. The minimum Gasteiger partial charge on any atom is -0.484 e. The van der Waals surface area contributed by atoms with Crippen LogP contribution in [0.5, 0.6) is 11.5 Å². The highest BCUT2D eigenvalue weighted by atomic mass is 32.1. The molecule has 3 rings (SSSR count). The van der Waals surface area contributed by atoms with Crippen LogP contribution in [0.25, 0.3) is 10.2 Å². The number of ether oxygens (including phenoxy) is 2. The van der Waals surface area contributed by atoms with Crippen molar-refractivity contribution in [1.29, 1.82) is 0 Å². The Morgan fingerprint density at radius 2 is 1.87 bits per heavy atom. The van der Waals surface area contributed by atoms with E-state index in [1.54, 1.807) is 6.07 Å². The van der Waals surface area contributed by atoms with Crippen LogP contribution in [0, 0.1) is 6.92 Å². The molecule has 31 heavy (non-hydrogen) atoms. The smallest absolute Gasteiger partial charge is 0.484 e. The molecule has 0 saturated heterocycles. The molecule has 1 aromatic heterocycles. The largest absolute Gasteiger partial charge is 0.573 e. The van der Waals surface area contributed by atoms with E-state index in [-0.39, 0.29) is 18.3 Å². The average Bonchev–Trinajstić information content (AvgIpc) is 3.08. The molecule has 3 aromatic rings. The summed E-state index contributed by atoms with van der Waals surface area (Å²) < 4.78 is 47.6. The van der Waals surface area contributed by atoms with Gasteiger partial charge in [0, 0.05) is 19.2 Å². The molecule has 0 saturated carbocycles. The first kappa shape index (κ1) is 22.8. The Kier molecular flexibility index (Phi) is 7.01. The summed E-state index contributed by atoms with van der Waals surface area (Å²) in [7, 11) is 3.76. The molecule has 0 bridgehead atoms. The maximum Gasteiger partial charge on any atom is 0.573 e. The van der Waals surface area contributed by atoms with Crippen molar-refractivity contribution in [3.63, 3.8) is 0 Å². The van der Waals surface area contributed by atoms with E-state index in [0.29, 0.717) is 34.2 Å². The first-order valence-corrected chi connectivity index (χ1v) is 10.2. The molecule has 166 valence electrons. The number of hydrogen-bond donors (Lipinski definition) is 0. The SMILES string of the molecule is Cc1cccc(OCC(=O)N(CCN(C)C)c2nc3ccc(OC(F)(F)F)cc3s2)c1. The molecule has 6 nitrogen and oxygen atoms in total. The van der Waals surface area contributed by atoms with Crippen LogP contribution in [0.3, 0.4) is 0 Å². The lowest BCUT2D eigenvalue weighted by atomic mass is 10.2. The standard InChI is InChI=1S/C21H22F3N3O3S/c1-14-5-4-6-15(11-14)29-13-19(28)27(10-9-26(2)3)20-25-17-8-7-16(12-18(17)31-20)30-21(22,23)24/h4-8,11-12H,9-10,13H2,1-3H3. The number of thiazole rings is 1. The number of benzene rings is 2. The predicted octanol–water partition coefficient (Wildman–Crippen LogP) is 4.48. The number of halogens is 3. The minimum absolute atomic E-state index is 0.185. The fourth-order valence-electron chi connectivity index (χ4n) is 2.76. The second kappa shape index (κ2) is 9.52. The molecule has 0 aliphatic rings. The molecular formula is C21H22F3N3O3S. The molecule has 0 atom stereocenters. The summed E-state index contributed by atoms with van der Waals surface area (Å²) >= 11 is 1.12. The van der Waals surface area contributed by atoms with Gasteiger partial charge in [-0.2, -0.15) is 0 Å². The van der Waals surface area contributed by atoms with Gasteiger partial charge in [-0.3, -0.25) is 9.69 Å². The number of carbonyl (C=O) groups excluding carboxylic acids is 1. The molecule has 0 aliphatic carbocycles. The number of aromatic nitrogens is 1. The van der Waals surface area contributed by atoms with Gasteiger partial charge in [0.15, 0.2) is 11.7 Å². The Labute approximate surface area is 181 Å². The van der Waals surface area contributed by atoms with E-state index < -0.39 is 6.36 Å². The number of alkyl halides is 3. The number of fused-ring (bicyclic) bond motifs is 1. The Morgan fingerprint density at radius 1 is 1.10 bits per heavy atom. The number of nitrogens with zero attached hydrogens (tertiary/aromatic N) is 3. The molecule has 0 aliphatic heterocycles. The van der Waals surface area contributed by atoms with Crippen molar-refractivity contribution in [3.8, 4) is 11.5 Å². The summed E-state index contributed by atoms with van der Waals surface area (Å²) in [4.78, 5) is 20.8. The van der Waals surface area contributed by atoms with Crippen molar-refractivity contribution in [2.45, 2.75) is 13.3 Å². The van der Waals surface area contributed by atoms with E-state index in [4.69, 9.17) is 4.74 Å². The predicted molar refractivity (Wildman–Crippen MR) is 114 cm³/mol. The monoisotopic (exact) mass is 453 g/mol. The van der Waals surface area contributed by atoms with Gasteiger partial charge >= 0.3 is 6.36 Å². The normalized spacial score (nSPS) is 11.7. The van der Waals surface area contributed by atoms with E-state index in [1.807, 2.05) is 44.1 Å². The second-order valence-electron chi connectivity index (χ2n) is 7.13. The average molecular weight is 453 g/mol. The Morgan fingerprint density at radius 3 is 2.55 bits per heavy atom. The highest BCUT2D eigenvalue weighted by molar-refractivity contribution is 7.22. The van der Waals surface area contributed by atoms with Crippen molar-refractivity contribution in [3.05, 3.63) is 48.0 Å². The molecule has 10 heteroatoms. The van der Waals surface area contributed by atoms with E-state index in [1.165, 1.54) is 23.1 Å². The minimum atomic E-state index is -4.78.